The second kappa shape index (κ2) is 6.44. The molecule has 0 atom stereocenters. The van der Waals surface area contributed by atoms with Gasteiger partial charge in [0.05, 0.1) is 5.56 Å². The zero-order chi connectivity index (χ0) is 18.1. The molecule has 1 N–H and O–H groups in total. The van der Waals surface area contributed by atoms with Gasteiger partial charge in [-0.1, -0.05) is 18.6 Å². The lowest BCUT2D eigenvalue weighted by Crippen LogP contribution is -2.37. The molecule has 2 heterocycles. The highest BCUT2D eigenvalue weighted by Gasteiger charge is 2.39. The van der Waals surface area contributed by atoms with Crippen LogP contribution in [0.4, 0.5) is 8.78 Å². The van der Waals surface area contributed by atoms with Crippen molar-refractivity contribution in [2.75, 3.05) is 0 Å². The summed E-state index contributed by atoms with van der Waals surface area (Å²) in [5.74, 6) is 0.140. The number of halogens is 2. The Morgan fingerprint density at radius 3 is 2.50 bits per heavy atom. The van der Waals surface area contributed by atoms with Crippen LogP contribution in [0.1, 0.15) is 43.0 Å². The van der Waals surface area contributed by atoms with Gasteiger partial charge in [-0.3, -0.25) is 0 Å². The molecule has 26 heavy (non-hydrogen) atoms. The summed E-state index contributed by atoms with van der Waals surface area (Å²) in [6, 6.07) is 7.29. The molecule has 0 aliphatic heterocycles. The highest BCUT2D eigenvalue weighted by molar-refractivity contribution is 5.48. The first-order chi connectivity index (χ1) is 12.6. The van der Waals surface area contributed by atoms with Gasteiger partial charge in [0.15, 0.2) is 0 Å². The molecule has 1 aliphatic rings. The van der Waals surface area contributed by atoms with Gasteiger partial charge in [-0.25, -0.2) is 9.97 Å². The zero-order valence-electron chi connectivity index (χ0n) is 13.8. The first-order valence-electron chi connectivity index (χ1n) is 8.28. The fraction of sp³-hybridized carbons (Fsp3) is 0.333. The van der Waals surface area contributed by atoms with Gasteiger partial charge in [0.2, 0.25) is 0 Å². The predicted octanol–water partition coefficient (Wildman–Crippen LogP) is 3.83. The van der Waals surface area contributed by atoms with E-state index >= 15 is 0 Å². The molecule has 134 valence electrons. The van der Waals surface area contributed by atoms with Crippen molar-refractivity contribution < 1.29 is 18.3 Å². The smallest absolute Gasteiger partial charge is 0.314 e. The Morgan fingerprint density at radius 2 is 1.92 bits per heavy atom. The Bertz CT molecular complexity index is 908. The molecule has 0 bridgehead atoms. The molecule has 0 spiro atoms. The summed E-state index contributed by atoms with van der Waals surface area (Å²) in [5, 5.41) is 16.6. The Morgan fingerprint density at radius 1 is 1.15 bits per heavy atom. The number of benzene rings is 1. The highest BCUT2D eigenvalue weighted by Crippen LogP contribution is 2.46. The molecular weight excluding hydrogens is 342 g/mol. The maximum absolute atomic E-state index is 12.5. The lowest BCUT2D eigenvalue weighted by atomic mass is 9.62. The van der Waals surface area contributed by atoms with Crippen molar-refractivity contribution in [1.82, 2.24) is 20.2 Å². The normalized spacial score (nSPS) is 15.8. The number of aromatic hydroxyl groups is 1. The molecule has 1 saturated carbocycles. The third-order valence-corrected chi connectivity index (χ3v) is 4.85. The largest absolute Gasteiger partial charge is 0.508 e. The molecule has 8 heteroatoms. The third-order valence-electron chi connectivity index (χ3n) is 4.85. The fourth-order valence-electron chi connectivity index (χ4n) is 3.31. The second-order valence-electron chi connectivity index (χ2n) is 6.50. The van der Waals surface area contributed by atoms with Gasteiger partial charge < -0.3 is 9.52 Å². The van der Waals surface area contributed by atoms with E-state index in [0.717, 1.165) is 24.8 Å². The predicted molar refractivity (Wildman–Crippen MR) is 87.6 cm³/mol. The van der Waals surface area contributed by atoms with Crippen molar-refractivity contribution in [2.24, 2.45) is 0 Å². The maximum atomic E-state index is 12.5. The molecule has 1 aromatic carbocycles. The number of phenols is 1. The summed E-state index contributed by atoms with van der Waals surface area (Å²) in [5.41, 5.74) is 1.40. The van der Waals surface area contributed by atoms with Gasteiger partial charge in [-0.05, 0) is 30.5 Å². The topological polar surface area (TPSA) is 84.9 Å². The average Bonchev–Trinajstić information content (AvgIpc) is 3.09. The van der Waals surface area contributed by atoms with Gasteiger partial charge in [-0.15, -0.1) is 10.2 Å². The standard InChI is InChI=1S/C18H16F2N4O2/c19-15(20)17-24-23-16(26-17)11-9-21-14(22-10-11)8-18(5-2-6-18)12-3-1-4-13(25)7-12/h1,3-4,7,9-10,15,25H,2,5-6,8H2. The lowest BCUT2D eigenvalue weighted by Gasteiger charge is -2.42. The van der Waals surface area contributed by atoms with E-state index in [0.29, 0.717) is 17.8 Å². The quantitative estimate of drug-likeness (QED) is 0.746. The highest BCUT2D eigenvalue weighted by atomic mass is 19.3. The summed E-state index contributed by atoms with van der Waals surface area (Å²) >= 11 is 0. The van der Waals surface area contributed by atoms with E-state index in [4.69, 9.17) is 4.42 Å². The SMILES string of the molecule is Oc1cccc(C2(Cc3ncc(-c4nnc(C(F)F)o4)cn3)CCC2)c1. The number of hydrogen-bond acceptors (Lipinski definition) is 6. The Kier molecular flexibility index (Phi) is 4.10. The van der Waals surface area contributed by atoms with E-state index in [2.05, 4.69) is 20.2 Å². The van der Waals surface area contributed by atoms with Crippen molar-refractivity contribution >= 4 is 0 Å². The van der Waals surface area contributed by atoms with Gasteiger partial charge in [0, 0.05) is 24.2 Å². The van der Waals surface area contributed by atoms with Crippen molar-refractivity contribution in [3.63, 3.8) is 0 Å². The number of aromatic nitrogens is 4. The number of hydrogen-bond donors (Lipinski definition) is 1. The van der Waals surface area contributed by atoms with Gasteiger partial charge in [-0.2, -0.15) is 8.78 Å². The number of nitrogens with zero attached hydrogens (tertiary/aromatic N) is 4. The lowest BCUT2D eigenvalue weighted by molar-refractivity contribution is 0.116. The van der Waals surface area contributed by atoms with E-state index in [9.17, 15) is 13.9 Å². The van der Waals surface area contributed by atoms with E-state index in [-0.39, 0.29) is 17.1 Å². The molecule has 3 aromatic rings. The molecule has 1 fully saturated rings. The Balaban J connectivity index is 1.55. The van der Waals surface area contributed by atoms with Crippen molar-refractivity contribution in [2.45, 2.75) is 37.5 Å². The van der Waals surface area contributed by atoms with Crippen LogP contribution in [0.15, 0.2) is 41.1 Å². The molecule has 4 rings (SSSR count). The molecule has 0 amide bonds. The summed E-state index contributed by atoms with van der Waals surface area (Å²) in [4.78, 5) is 8.67. The minimum atomic E-state index is -2.81. The molecule has 1 aliphatic carbocycles. The van der Waals surface area contributed by atoms with Crippen LogP contribution in [0.5, 0.6) is 5.75 Å². The van der Waals surface area contributed by atoms with Gasteiger partial charge >= 0.3 is 6.43 Å². The Hall–Kier alpha value is -2.90. The number of rotatable bonds is 5. The van der Waals surface area contributed by atoms with E-state index in [1.807, 2.05) is 12.1 Å². The monoisotopic (exact) mass is 358 g/mol. The first kappa shape index (κ1) is 16.6. The van der Waals surface area contributed by atoms with Crippen LogP contribution in [-0.4, -0.2) is 25.3 Å². The molecule has 0 unspecified atom stereocenters. The molecule has 2 aromatic heterocycles. The van der Waals surface area contributed by atoms with E-state index in [1.165, 1.54) is 12.4 Å². The molecule has 6 nitrogen and oxygen atoms in total. The zero-order valence-corrected chi connectivity index (χ0v) is 13.8. The van der Waals surface area contributed by atoms with Crippen LogP contribution >= 0.6 is 0 Å². The minimum absolute atomic E-state index is 0.0295. The summed E-state index contributed by atoms with van der Waals surface area (Å²) in [6.45, 7) is 0. The van der Waals surface area contributed by atoms with Crippen LogP contribution in [0.25, 0.3) is 11.5 Å². The summed E-state index contributed by atoms with van der Waals surface area (Å²) in [7, 11) is 0. The second-order valence-corrected chi connectivity index (χ2v) is 6.50. The van der Waals surface area contributed by atoms with Crippen LogP contribution in [0.2, 0.25) is 0 Å². The third kappa shape index (κ3) is 3.02. The number of phenolic OH excluding ortho intramolecular Hbond substituents is 1. The first-order valence-corrected chi connectivity index (χ1v) is 8.28. The molecular formula is C18H16F2N4O2. The van der Waals surface area contributed by atoms with Crippen molar-refractivity contribution in [1.29, 1.82) is 0 Å². The minimum Gasteiger partial charge on any atom is -0.508 e. The van der Waals surface area contributed by atoms with Crippen LogP contribution in [0, 0.1) is 0 Å². The summed E-state index contributed by atoms with van der Waals surface area (Å²) in [6.07, 6.45) is 3.96. The molecule has 0 radical (unpaired) electrons. The molecule has 0 saturated heterocycles. The maximum Gasteiger partial charge on any atom is 0.314 e. The van der Waals surface area contributed by atoms with Crippen molar-refractivity contribution in [3.8, 4) is 17.2 Å². The average molecular weight is 358 g/mol. The van der Waals surface area contributed by atoms with E-state index in [1.54, 1.807) is 12.1 Å². The number of alkyl halides is 2. The van der Waals surface area contributed by atoms with Gasteiger partial charge in [0.25, 0.3) is 11.8 Å². The Labute approximate surface area is 147 Å². The van der Waals surface area contributed by atoms with Crippen LogP contribution < -0.4 is 0 Å². The van der Waals surface area contributed by atoms with Gasteiger partial charge in [0.1, 0.15) is 11.6 Å². The van der Waals surface area contributed by atoms with Crippen molar-refractivity contribution in [3.05, 3.63) is 53.9 Å². The summed E-state index contributed by atoms with van der Waals surface area (Å²) < 4.78 is 30.0. The van der Waals surface area contributed by atoms with Crippen LogP contribution in [-0.2, 0) is 11.8 Å². The fourth-order valence-corrected chi connectivity index (χ4v) is 3.31. The van der Waals surface area contributed by atoms with Crippen LogP contribution in [0.3, 0.4) is 0 Å². The van der Waals surface area contributed by atoms with E-state index < -0.39 is 12.3 Å².